The minimum absolute atomic E-state index is 0.0617. The summed E-state index contributed by atoms with van der Waals surface area (Å²) in [6, 6.07) is -0.819. The van der Waals surface area contributed by atoms with Crippen molar-refractivity contribution in [1.82, 2.24) is 5.32 Å². The van der Waals surface area contributed by atoms with Gasteiger partial charge in [-0.2, -0.15) is 13.2 Å². The first-order valence-corrected chi connectivity index (χ1v) is 5.39. The number of alkyl halides is 4. The van der Waals surface area contributed by atoms with Gasteiger partial charge in [0, 0.05) is 13.5 Å². The van der Waals surface area contributed by atoms with Crippen LogP contribution in [0.4, 0.5) is 13.2 Å². The van der Waals surface area contributed by atoms with Gasteiger partial charge in [-0.05, 0) is 6.92 Å². The first kappa shape index (κ1) is 14.5. The van der Waals surface area contributed by atoms with Crippen LogP contribution in [0.2, 0.25) is 0 Å². The lowest BCUT2D eigenvalue weighted by atomic mass is 10.00. The third-order valence-electron chi connectivity index (χ3n) is 2.51. The molecule has 1 N–H and O–H groups in total. The number of amides is 1. The van der Waals surface area contributed by atoms with Crippen molar-refractivity contribution in [1.29, 1.82) is 0 Å². The van der Waals surface area contributed by atoms with Gasteiger partial charge in [0.2, 0.25) is 0 Å². The van der Waals surface area contributed by atoms with Crippen molar-refractivity contribution in [2.45, 2.75) is 43.3 Å². The second-order valence-corrected chi connectivity index (χ2v) is 4.25. The molecule has 1 rings (SSSR count). The fourth-order valence-corrected chi connectivity index (χ4v) is 2.13. The molecule has 1 aliphatic rings. The van der Waals surface area contributed by atoms with Crippen LogP contribution in [0.25, 0.3) is 0 Å². The number of methoxy groups -OCH3 is 1. The molecular weight excluding hydrogens is 263 g/mol. The molecule has 1 aliphatic heterocycles. The average Bonchev–Trinajstić information content (AvgIpc) is 2.15. The van der Waals surface area contributed by atoms with Gasteiger partial charge in [0.05, 0.1) is 12.1 Å². The van der Waals surface area contributed by atoms with Crippen molar-refractivity contribution >= 4 is 17.5 Å². The predicted molar refractivity (Wildman–Crippen MR) is 53.6 cm³/mol. The molecule has 0 spiro atoms. The zero-order valence-electron chi connectivity index (χ0n) is 9.25. The average molecular weight is 276 g/mol. The lowest BCUT2D eigenvalue weighted by Gasteiger charge is -2.38. The van der Waals surface area contributed by atoms with Crippen LogP contribution < -0.4 is 5.32 Å². The summed E-state index contributed by atoms with van der Waals surface area (Å²) in [5.41, 5.74) is -0.741. The Bertz CT molecular complexity index is 287. The fraction of sp³-hybridized carbons (Fsp3) is 0.889. The Morgan fingerprint density at radius 3 is 2.59 bits per heavy atom. The number of nitrogens with one attached hydrogen (secondary N) is 1. The third-order valence-corrected chi connectivity index (χ3v) is 2.79. The van der Waals surface area contributed by atoms with Crippen LogP contribution in [-0.2, 0) is 14.3 Å². The maximum absolute atomic E-state index is 12.1. The summed E-state index contributed by atoms with van der Waals surface area (Å²) in [7, 11) is 1.34. The normalized spacial score (nSPS) is 34.5. The Balaban J connectivity index is 2.69. The zero-order chi connectivity index (χ0) is 13.2. The summed E-state index contributed by atoms with van der Waals surface area (Å²) in [4.78, 5) is 10.8. The smallest absolute Gasteiger partial charge is 0.377 e. The van der Waals surface area contributed by atoms with E-state index < -0.39 is 35.9 Å². The van der Waals surface area contributed by atoms with Gasteiger partial charge in [-0.1, -0.05) is 11.6 Å². The topological polar surface area (TPSA) is 47.6 Å². The number of halogens is 4. The van der Waals surface area contributed by atoms with Crippen LogP contribution in [-0.4, -0.2) is 43.0 Å². The highest BCUT2D eigenvalue weighted by atomic mass is 35.5. The summed E-state index contributed by atoms with van der Waals surface area (Å²) in [5, 5.41) is 1.87. The molecule has 0 aromatic heterocycles. The number of ether oxygens (including phenoxy) is 2. The number of rotatable bonds is 2. The molecule has 8 heteroatoms. The van der Waals surface area contributed by atoms with Crippen molar-refractivity contribution in [3.05, 3.63) is 0 Å². The molecule has 0 unspecified atom stereocenters. The Morgan fingerprint density at radius 1 is 1.53 bits per heavy atom. The van der Waals surface area contributed by atoms with E-state index in [9.17, 15) is 18.0 Å². The van der Waals surface area contributed by atoms with Crippen LogP contribution in [0.3, 0.4) is 0 Å². The van der Waals surface area contributed by atoms with Gasteiger partial charge in [-0.15, -0.1) is 0 Å². The summed E-state index contributed by atoms with van der Waals surface area (Å²) in [5.74, 6) is -2.00. The molecule has 1 saturated heterocycles. The number of hydrogen-bond donors (Lipinski definition) is 1. The van der Waals surface area contributed by atoms with Gasteiger partial charge in [0.1, 0.15) is 11.7 Å². The summed E-state index contributed by atoms with van der Waals surface area (Å²) >= 11 is 5.72. The molecule has 0 aliphatic carbocycles. The molecule has 0 saturated carbocycles. The first-order chi connectivity index (χ1) is 7.75. The van der Waals surface area contributed by atoms with E-state index in [-0.39, 0.29) is 6.42 Å². The Kier molecular flexibility index (Phi) is 4.62. The molecule has 0 radical (unpaired) electrons. The van der Waals surface area contributed by atoms with Crippen molar-refractivity contribution < 1.29 is 27.4 Å². The molecule has 17 heavy (non-hydrogen) atoms. The lowest BCUT2D eigenvalue weighted by molar-refractivity contribution is -0.178. The molecule has 100 valence electrons. The Labute approximate surface area is 101 Å². The fourth-order valence-electron chi connectivity index (χ4n) is 1.77. The maximum atomic E-state index is 12.1. The summed E-state index contributed by atoms with van der Waals surface area (Å²) < 4.78 is 46.5. The highest BCUT2D eigenvalue weighted by molar-refractivity contribution is 6.19. The molecule has 0 aromatic rings. The number of hydrogen-bond acceptors (Lipinski definition) is 3. The molecule has 0 aromatic carbocycles. The molecule has 1 heterocycles. The van der Waals surface area contributed by atoms with E-state index in [4.69, 9.17) is 21.1 Å². The van der Waals surface area contributed by atoms with Gasteiger partial charge in [0.15, 0.2) is 0 Å². The van der Waals surface area contributed by atoms with Crippen LogP contribution in [0.15, 0.2) is 0 Å². The van der Waals surface area contributed by atoms with Crippen molar-refractivity contribution in [3.63, 3.8) is 0 Å². The summed E-state index contributed by atoms with van der Waals surface area (Å²) in [6.45, 7) is 1.62. The van der Waals surface area contributed by atoms with Gasteiger partial charge in [-0.25, -0.2) is 0 Å². The van der Waals surface area contributed by atoms with Crippen LogP contribution in [0, 0.1) is 0 Å². The van der Waals surface area contributed by atoms with E-state index in [1.165, 1.54) is 7.11 Å². The molecule has 0 bridgehead atoms. The number of carbonyl (C=O) groups is 1. The highest BCUT2D eigenvalue weighted by Gasteiger charge is 2.43. The summed E-state index contributed by atoms with van der Waals surface area (Å²) in [6.07, 6.45) is -6.00. The largest absolute Gasteiger partial charge is 0.471 e. The SMILES string of the molecule is CO[C@H]1[C@@H](NC(=O)C(F)(F)F)C[C@H](Cl)O[C@H]1C. The minimum atomic E-state index is -4.92. The lowest BCUT2D eigenvalue weighted by Crippen LogP contribution is -2.56. The van der Waals surface area contributed by atoms with E-state index in [2.05, 4.69) is 0 Å². The number of carbonyl (C=O) groups excluding carboxylic acids is 1. The van der Waals surface area contributed by atoms with E-state index in [0.29, 0.717) is 0 Å². The van der Waals surface area contributed by atoms with Crippen molar-refractivity contribution in [2.75, 3.05) is 7.11 Å². The van der Waals surface area contributed by atoms with Gasteiger partial charge >= 0.3 is 12.1 Å². The molecule has 1 fully saturated rings. The maximum Gasteiger partial charge on any atom is 0.471 e. The van der Waals surface area contributed by atoms with E-state index >= 15 is 0 Å². The van der Waals surface area contributed by atoms with Gasteiger partial charge in [0.25, 0.3) is 0 Å². The van der Waals surface area contributed by atoms with E-state index in [1.807, 2.05) is 5.32 Å². The van der Waals surface area contributed by atoms with Crippen molar-refractivity contribution in [2.24, 2.45) is 0 Å². The third kappa shape index (κ3) is 3.72. The highest BCUT2D eigenvalue weighted by Crippen LogP contribution is 2.25. The van der Waals surface area contributed by atoms with Crippen molar-refractivity contribution in [3.8, 4) is 0 Å². The quantitative estimate of drug-likeness (QED) is 0.776. The molecule has 1 amide bonds. The first-order valence-electron chi connectivity index (χ1n) is 4.95. The van der Waals surface area contributed by atoms with Crippen LogP contribution in [0.1, 0.15) is 13.3 Å². The van der Waals surface area contributed by atoms with Crippen LogP contribution >= 0.6 is 11.6 Å². The zero-order valence-corrected chi connectivity index (χ0v) is 10.0. The predicted octanol–water partition coefficient (Wildman–Crippen LogP) is 1.42. The Hall–Kier alpha value is -0.530. The standard InChI is InChI=1S/C9H13ClF3NO3/c1-4-7(16-2)5(3-6(10)17-4)14-8(15)9(11,12)13/h4-7H,3H2,1-2H3,(H,14,15)/t4-,5-,6+,7+/m0/s1. The van der Waals surface area contributed by atoms with E-state index in [0.717, 1.165) is 0 Å². The molecule has 4 atom stereocenters. The molecule has 4 nitrogen and oxygen atoms in total. The van der Waals surface area contributed by atoms with Crippen LogP contribution in [0.5, 0.6) is 0 Å². The van der Waals surface area contributed by atoms with Gasteiger partial charge in [-0.3, -0.25) is 4.79 Å². The Morgan fingerprint density at radius 2 is 2.12 bits per heavy atom. The second-order valence-electron chi connectivity index (χ2n) is 3.76. The second kappa shape index (κ2) is 5.41. The van der Waals surface area contributed by atoms with Gasteiger partial charge < -0.3 is 14.8 Å². The minimum Gasteiger partial charge on any atom is -0.377 e. The monoisotopic (exact) mass is 275 g/mol. The van der Waals surface area contributed by atoms with E-state index in [1.54, 1.807) is 6.92 Å². The molecular formula is C9H13ClF3NO3.